The lowest BCUT2D eigenvalue weighted by Crippen LogP contribution is -2.32. The second-order valence-electron chi connectivity index (χ2n) is 3.18. The lowest BCUT2D eigenvalue weighted by atomic mass is 10.1. The highest BCUT2D eigenvalue weighted by Gasteiger charge is 2.21. The van der Waals surface area contributed by atoms with Gasteiger partial charge in [-0.1, -0.05) is 0 Å². The van der Waals surface area contributed by atoms with Crippen molar-refractivity contribution in [1.82, 2.24) is 15.1 Å². The van der Waals surface area contributed by atoms with Crippen LogP contribution < -0.4 is 5.32 Å². The first-order valence-electron chi connectivity index (χ1n) is 4.39. The number of Topliss-reactive ketones (excluding diaryl/α,β-unsaturated/α-hetero) is 1. The molecule has 0 aliphatic carbocycles. The molecule has 1 aromatic heterocycles. The van der Waals surface area contributed by atoms with Crippen LogP contribution in [0.5, 0.6) is 0 Å². The summed E-state index contributed by atoms with van der Waals surface area (Å²) in [7, 11) is 1.74. The summed E-state index contributed by atoms with van der Waals surface area (Å²) in [6, 6.07) is -0.700. The van der Waals surface area contributed by atoms with Gasteiger partial charge in [0.1, 0.15) is 6.04 Å². The number of aryl methyl sites for hydroxylation is 1. The number of amides is 1. The monoisotopic (exact) mass is 229 g/mol. The molecule has 0 saturated heterocycles. The van der Waals surface area contributed by atoms with Crippen molar-refractivity contribution in [3.8, 4) is 0 Å². The second kappa shape index (κ2) is 4.93. The molecular formula is C9H12ClN3O2. The van der Waals surface area contributed by atoms with Crippen LogP contribution in [0.3, 0.4) is 0 Å². The van der Waals surface area contributed by atoms with Gasteiger partial charge in [-0.05, 0) is 0 Å². The smallest absolute Gasteiger partial charge is 0.217 e. The van der Waals surface area contributed by atoms with E-state index in [1.54, 1.807) is 17.9 Å². The Morgan fingerprint density at radius 2 is 2.33 bits per heavy atom. The van der Waals surface area contributed by atoms with Crippen molar-refractivity contribution in [1.29, 1.82) is 0 Å². The van der Waals surface area contributed by atoms with Gasteiger partial charge in [0.15, 0.2) is 5.78 Å². The molecule has 0 aliphatic rings. The quantitative estimate of drug-likeness (QED) is 0.761. The zero-order valence-electron chi connectivity index (χ0n) is 8.53. The lowest BCUT2D eigenvalue weighted by Gasteiger charge is -2.13. The molecule has 0 radical (unpaired) electrons. The first-order valence-corrected chi connectivity index (χ1v) is 4.92. The highest BCUT2D eigenvalue weighted by atomic mass is 35.5. The summed E-state index contributed by atoms with van der Waals surface area (Å²) in [5.41, 5.74) is 0.637. The number of rotatable bonds is 4. The van der Waals surface area contributed by atoms with Crippen LogP contribution in [0.25, 0.3) is 0 Å². The number of carbonyl (C=O) groups is 2. The van der Waals surface area contributed by atoms with Crippen LogP contribution in [0.1, 0.15) is 18.5 Å². The summed E-state index contributed by atoms with van der Waals surface area (Å²) in [6.45, 7) is 1.35. The first-order chi connectivity index (χ1) is 7.04. The Morgan fingerprint density at radius 3 is 2.73 bits per heavy atom. The molecule has 1 unspecified atom stereocenters. The molecule has 15 heavy (non-hydrogen) atoms. The molecule has 0 fully saturated rings. The molecule has 5 nitrogen and oxygen atoms in total. The van der Waals surface area contributed by atoms with E-state index in [9.17, 15) is 9.59 Å². The number of ketones is 1. The van der Waals surface area contributed by atoms with Crippen LogP contribution in [-0.2, 0) is 16.6 Å². The van der Waals surface area contributed by atoms with Gasteiger partial charge in [-0.2, -0.15) is 5.10 Å². The van der Waals surface area contributed by atoms with Gasteiger partial charge in [0.25, 0.3) is 0 Å². The number of hydrogen-bond donors (Lipinski definition) is 1. The molecule has 0 aliphatic heterocycles. The van der Waals surface area contributed by atoms with Crippen molar-refractivity contribution in [2.24, 2.45) is 7.05 Å². The van der Waals surface area contributed by atoms with Crippen molar-refractivity contribution < 1.29 is 9.59 Å². The summed E-state index contributed by atoms with van der Waals surface area (Å²) in [4.78, 5) is 22.4. The second-order valence-corrected chi connectivity index (χ2v) is 3.45. The third-order valence-electron chi connectivity index (χ3n) is 1.86. The van der Waals surface area contributed by atoms with Crippen LogP contribution in [-0.4, -0.2) is 27.4 Å². The minimum atomic E-state index is -0.700. The molecule has 82 valence electrons. The Balaban J connectivity index is 2.90. The summed E-state index contributed by atoms with van der Waals surface area (Å²) in [5, 5.41) is 6.47. The van der Waals surface area contributed by atoms with Crippen LogP contribution in [0.15, 0.2) is 12.4 Å². The van der Waals surface area contributed by atoms with Gasteiger partial charge in [-0.3, -0.25) is 14.3 Å². The number of alkyl halides is 1. The average molecular weight is 230 g/mol. The fourth-order valence-electron chi connectivity index (χ4n) is 1.22. The van der Waals surface area contributed by atoms with E-state index in [1.807, 2.05) is 0 Å². The van der Waals surface area contributed by atoms with E-state index in [0.29, 0.717) is 5.56 Å². The number of nitrogens with zero attached hydrogens (tertiary/aromatic N) is 2. The minimum Gasteiger partial charge on any atom is -0.342 e. The highest BCUT2D eigenvalue weighted by Crippen LogP contribution is 2.13. The fourth-order valence-corrected chi connectivity index (χ4v) is 1.37. The third-order valence-corrected chi connectivity index (χ3v) is 2.12. The normalized spacial score (nSPS) is 12.2. The maximum atomic E-state index is 11.5. The fraction of sp³-hybridized carbons (Fsp3) is 0.444. The predicted octanol–water partition coefficient (Wildman–Crippen LogP) is 0.405. The zero-order chi connectivity index (χ0) is 11.4. The molecule has 1 rings (SSSR count). The third kappa shape index (κ3) is 3.06. The van der Waals surface area contributed by atoms with E-state index in [-0.39, 0.29) is 17.6 Å². The number of nitrogens with one attached hydrogen (secondary N) is 1. The largest absolute Gasteiger partial charge is 0.342 e. The summed E-state index contributed by atoms with van der Waals surface area (Å²) in [5.74, 6) is -0.665. The van der Waals surface area contributed by atoms with Crippen molar-refractivity contribution in [3.63, 3.8) is 0 Å². The summed E-state index contributed by atoms with van der Waals surface area (Å²) in [6.07, 6.45) is 3.20. The number of halogens is 1. The molecule has 0 saturated carbocycles. The average Bonchev–Trinajstić information content (AvgIpc) is 2.59. The van der Waals surface area contributed by atoms with Crippen molar-refractivity contribution in [2.75, 3.05) is 5.88 Å². The van der Waals surface area contributed by atoms with E-state index in [4.69, 9.17) is 11.6 Å². The predicted molar refractivity (Wildman–Crippen MR) is 55.5 cm³/mol. The van der Waals surface area contributed by atoms with E-state index in [0.717, 1.165) is 0 Å². The maximum absolute atomic E-state index is 11.5. The van der Waals surface area contributed by atoms with Crippen LogP contribution in [0.2, 0.25) is 0 Å². The van der Waals surface area contributed by atoms with Crippen molar-refractivity contribution in [2.45, 2.75) is 13.0 Å². The lowest BCUT2D eigenvalue weighted by molar-refractivity contribution is -0.125. The van der Waals surface area contributed by atoms with Crippen molar-refractivity contribution >= 4 is 23.3 Å². The molecule has 0 aromatic carbocycles. The van der Waals surface area contributed by atoms with Gasteiger partial charge in [-0.15, -0.1) is 11.6 Å². The molecule has 1 aromatic rings. The molecule has 0 bridgehead atoms. The number of carbonyl (C=O) groups excluding carboxylic acids is 2. The Hall–Kier alpha value is -1.36. The van der Waals surface area contributed by atoms with Gasteiger partial charge >= 0.3 is 0 Å². The van der Waals surface area contributed by atoms with E-state index < -0.39 is 6.04 Å². The van der Waals surface area contributed by atoms with Crippen molar-refractivity contribution in [3.05, 3.63) is 18.0 Å². The van der Waals surface area contributed by atoms with Gasteiger partial charge in [-0.25, -0.2) is 0 Å². The van der Waals surface area contributed by atoms with Crippen LogP contribution in [0.4, 0.5) is 0 Å². The van der Waals surface area contributed by atoms with Crippen LogP contribution >= 0.6 is 11.6 Å². The number of aromatic nitrogens is 2. The van der Waals surface area contributed by atoms with Gasteiger partial charge in [0, 0.05) is 25.7 Å². The summed E-state index contributed by atoms with van der Waals surface area (Å²) >= 11 is 5.46. The summed E-state index contributed by atoms with van der Waals surface area (Å²) < 4.78 is 1.56. The minimum absolute atomic E-state index is 0.139. The first kappa shape index (κ1) is 11.7. The molecule has 1 amide bonds. The van der Waals surface area contributed by atoms with Crippen LogP contribution in [0, 0.1) is 0 Å². The topological polar surface area (TPSA) is 64.0 Å². The maximum Gasteiger partial charge on any atom is 0.217 e. The van der Waals surface area contributed by atoms with Gasteiger partial charge < -0.3 is 5.32 Å². The molecule has 1 heterocycles. The van der Waals surface area contributed by atoms with Gasteiger partial charge in [0.2, 0.25) is 5.91 Å². The Morgan fingerprint density at radius 1 is 1.67 bits per heavy atom. The molecule has 6 heteroatoms. The highest BCUT2D eigenvalue weighted by molar-refractivity contribution is 6.28. The van der Waals surface area contributed by atoms with E-state index in [1.165, 1.54) is 13.1 Å². The molecule has 1 N–H and O–H groups in total. The Kier molecular flexibility index (Phi) is 3.85. The molecule has 1 atom stereocenters. The standard InChI is InChI=1S/C9H12ClN3O2/c1-6(14)12-9(8(15)3-10)7-4-11-13(2)5-7/h4-5,9H,3H2,1-2H3,(H,12,14). The number of hydrogen-bond acceptors (Lipinski definition) is 3. The zero-order valence-corrected chi connectivity index (χ0v) is 9.28. The van der Waals surface area contributed by atoms with E-state index in [2.05, 4.69) is 10.4 Å². The van der Waals surface area contributed by atoms with Gasteiger partial charge in [0.05, 0.1) is 12.1 Å². The SMILES string of the molecule is CC(=O)NC(C(=O)CCl)c1cnn(C)c1. The van der Waals surface area contributed by atoms with E-state index >= 15 is 0 Å². The Bertz CT molecular complexity index is 375. The molecule has 0 spiro atoms. The molecular weight excluding hydrogens is 218 g/mol. The Labute approximate surface area is 92.4 Å².